The van der Waals surface area contributed by atoms with E-state index in [4.69, 9.17) is 0 Å². The summed E-state index contributed by atoms with van der Waals surface area (Å²) in [5, 5.41) is 2.81. The molecule has 2 aliphatic rings. The summed E-state index contributed by atoms with van der Waals surface area (Å²) in [5.41, 5.74) is -0.475. The molecule has 1 amide bonds. The summed E-state index contributed by atoms with van der Waals surface area (Å²) in [4.78, 5) is 14.6. The largest absolute Gasteiger partial charge is 0.416 e. The van der Waals surface area contributed by atoms with E-state index in [0.29, 0.717) is 6.54 Å². The van der Waals surface area contributed by atoms with Gasteiger partial charge >= 0.3 is 6.18 Å². The summed E-state index contributed by atoms with van der Waals surface area (Å²) >= 11 is 0. The molecule has 3 nitrogen and oxygen atoms in total. The number of hydrogen-bond acceptors (Lipinski definition) is 2. The molecular formula is C18H23F3N2O. The number of carbonyl (C=O) groups excluding carboxylic acids is 1. The second-order valence-corrected chi connectivity index (χ2v) is 6.85. The van der Waals surface area contributed by atoms with E-state index in [1.165, 1.54) is 43.9 Å². The van der Waals surface area contributed by atoms with Crippen LogP contribution in [-0.2, 0) is 17.4 Å². The molecule has 0 atom stereocenters. The summed E-state index contributed by atoms with van der Waals surface area (Å²) in [6, 6.07) is 5.27. The Kier molecular flexibility index (Phi) is 4.85. The quantitative estimate of drug-likeness (QED) is 0.891. The Morgan fingerprint density at radius 1 is 1.17 bits per heavy atom. The van der Waals surface area contributed by atoms with E-state index in [-0.39, 0.29) is 23.4 Å². The zero-order valence-corrected chi connectivity index (χ0v) is 13.7. The normalized spacial score (nSPS) is 20.1. The van der Waals surface area contributed by atoms with Gasteiger partial charge in [-0.15, -0.1) is 0 Å². The zero-order valence-electron chi connectivity index (χ0n) is 13.7. The lowest BCUT2D eigenvalue weighted by Crippen LogP contribution is -2.41. The van der Waals surface area contributed by atoms with Crippen LogP contribution >= 0.6 is 0 Å². The van der Waals surface area contributed by atoms with Gasteiger partial charge in [-0.05, 0) is 56.8 Å². The summed E-state index contributed by atoms with van der Waals surface area (Å²) in [6.07, 6.45) is 0.968. The third kappa shape index (κ3) is 3.58. The molecule has 0 bridgehead atoms. The Morgan fingerprint density at radius 3 is 2.50 bits per heavy atom. The number of halogens is 3. The van der Waals surface area contributed by atoms with Crippen LogP contribution in [-0.4, -0.2) is 36.0 Å². The van der Waals surface area contributed by atoms with Gasteiger partial charge in [0.1, 0.15) is 0 Å². The van der Waals surface area contributed by atoms with E-state index in [9.17, 15) is 18.0 Å². The van der Waals surface area contributed by atoms with Crippen molar-refractivity contribution in [2.24, 2.45) is 0 Å². The van der Waals surface area contributed by atoms with Gasteiger partial charge < -0.3 is 5.32 Å². The van der Waals surface area contributed by atoms with Crippen LogP contribution in [0.25, 0.3) is 0 Å². The number of fused-ring (bicyclic) bond motifs is 1. The molecule has 3 rings (SSSR count). The van der Waals surface area contributed by atoms with Gasteiger partial charge in [0.15, 0.2) is 0 Å². The van der Waals surface area contributed by atoms with Crippen LogP contribution in [0.4, 0.5) is 13.2 Å². The first-order valence-electron chi connectivity index (χ1n) is 8.58. The minimum Gasteiger partial charge on any atom is -0.356 e. The molecule has 2 fully saturated rings. The number of carbonyl (C=O) groups is 1. The molecule has 2 aliphatic heterocycles. The third-order valence-corrected chi connectivity index (χ3v) is 5.40. The highest BCUT2D eigenvalue weighted by Crippen LogP contribution is 2.41. The molecule has 0 radical (unpaired) electrons. The minimum absolute atomic E-state index is 0.0315. The van der Waals surface area contributed by atoms with E-state index in [2.05, 4.69) is 10.2 Å². The summed E-state index contributed by atoms with van der Waals surface area (Å²) in [7, 11) is 0. The summed E-state index contributed by atoms with van der Waals surface area (Å²) < 4.78 is 38.9. The molecule has 1 N–H and O–H groups in total. The van der Waals surface area contributed by atoms with Crippen molar-refractivity contribution in [3.05, 3.63) is 35.4 Å². The molecule has 0 spiro atoms. The maximum absolute atomic E-state index is 13.0. The van der Waals surface area contributed by atoms with E-state index in [1.54, 1.807) is 0 Å². The maximum atomic E-state index is 13.0. The zero-order chi connectivity index (χ0) is 17.2. The van der Waals surface area contributed by atoms with Gasteiger partial charge in [-0.3, -0.25) is 9.69 Å². The second-order valence-electron chi connectivity index (χ2n) is 6.85. The Labute approximate surface area is 140 Å². The highest BCUT2D eigenvalue weighted by atomic mass is 19.4. The monoisotopic (exact) mass is 340 g/mol. The van der Waals surface area contributed by atoms with Crippen LogP contribution in [0.15, 0.2) is 24.3 Å². The first-order chi connectivity index (χ1) is 11.4. The van der Waals surface area contributed by atoms with Crippen LogP contribution in [0.3, 0.4) is 0 Å². The van der Waals surface area contributed by atoms with E-state index in [0.717, 1.165) is 25.6 Å². The van der Waals surface area contributed by atoms with Gasteiger partial charge in [-0.25, -0.2) is 0 Å². The van der Waals surface area contributed by atoms with Crippen LogP contribution in [0.2, 0.25) is 0 Å². The van der Waals surface area contributed by atoms with Crippen LogP contribution in [0, 0.1) is 0 Å². The Balaban J connectivity index is 1.54. The smallest absolute Gasteiger partial charge is 0.356 e. The fourth-order valence-corrected chi connectivity index (χ4v) is 4.25. The molecular weight excluding hydrogens is 317 g/mol. The lowest BCUT2D eigenvalue weighted by molar-refractivity contribution is -0.138. The van der Waals surface area contributed by atoms with Gasteiger partial charge in [0, 0.05) is 12.1 Å². The molecule has 2 saturated heterocycles. The number of nitrogens with one attached hydrogen (secondary N) is 1. The summed E-state index contributed by atoms with van der Waals surface area (Å²) in [6.45, 7) is 2.79. The van der Waals surface area contributed by atoms with Gasteiger partial charge in [0.05, 0.1) is 12.0 Å². The predicted molar refractivity (Wildman–Crippen MR) is 85.5 cm³/mol. The molecule has 2 heterocycles. The van der Waals surface area contributed by atoms with Crippen molar-refractivity contribution in [3.63, 3.8) is 0 Å². The Morgan fingerprint density at radius 2 is 1.83 bits per heavy atom. The number of hydrogen-bond donors (Lipinski definition) is 1. The van der Waals surface area contributed by atoms with Crippen molar-refractivity contribution in [3.8, 4) is 0 Å². The number of rotatable bonds is 5. The van der Waals surface area contributed by atoms with E-state index in [1.807, 2.05) is 0 Å². The van der Waals surface area contributed by atoms with Crippen molar-refractivity contribution in [1.82, 2.24) is 10.2 Å². The highest BCUT2D eigenvalue weighted by molar-refractivity contribution is 5.79. The molecule has 132 valence electrons. The standard InChI is InChI=1S/C18H23F3N2O/c19-18(20,21)15-6-2-1-5-14(15)13-16(24)22-10-9-17-7-3-11-23(17)12-4-8-17/h1-2,5-6H,3-4,7-13H2,(H,22,24). The molecule has 0 aromatic heterocycles. The van der Waals surface area contributed by atoms with Crippen LogP contribution in [0.5, 0.6) is 0 Å². The molecule has 0 aliphatic carbocycles. The number of nitrogens with zero attached hydrogens (tertiary/aromatic N) is 1. The first-order valence-corrected chi connectivity index (χ1v) is 8.58. The summed E-state index contributed by atoms with van der Waals surface area (Å²) in [5.74, 6) is -0.342. The molecule has 1 aromatic carbocycles. The van der Waals surface area contributed by atoms with Gasteiger partial charge in [0.25, 0.3) is 0 Å². The third-order valence-electron chi connectivity index (χ3n) is 5.40. The van der Waals surface area contributed by atoms with Crippen molar-refractivity contribution < 1.29 is 18.0 Å². The fourth-order valence-electron chi connectivity index (χ4n) is 4.25. The SMILES string of the molecule is O=C(Cc1ccccc1C(F)(F)F)NCCC12CCCN1CCC2. The number of amides is 1. The maximum Gasteiger partial charge on any atom is 0.416 e. The fraction of sp³-hybridized carbons (Fsp3) is 0.611. The van der Waals surface area contributed by atoms with Gasteiger partial charge in [0.2, 0.25) is 5.91 Å². The topological polar surface area (TPSA) is 32.3 Å². The minimum atomic E-state index is -4.43. The molecule has 24 heavy (non-hydrogen) atoms. The van der Waals surface area contributed by atoms with Crippen molar-refractivity contribution in [1.29, 1.82) is 0 Å². The molecule has 0 unspecified atom stereocenters. The lowest BCUT2D eigenvalue weighted by Gasteiger charge is -2.32. The Hall–Kier alpha value is -1.56. The van der Waals surface area contributed by atoms with Crippen LogP contribution < -0.4 is 5.32 Å². The van der Waals surface area contributed by atoms with Crippen molar-refractivity contribution >= 4 is 5.91 Å². The van der Waals surface area contributed by atoms with Crippen molar-refractivity contribution in [2.45, 2.75) is 50.2 Å². The first kappa shape index (κ1) is 17.3. The molecule has 0 saturated carbocycles. The van der Waals surface area contributed by atoms with Crippen molar-refractivity contribution in [2.75, 3.05) is 19.6 Å². The van der Waals surface area contributed by atoms with E-state index >= 15 is 0 Å². The van der Waals surface area contributed by atoms with Gasteiger partial charge in [-0.1, -0.05) is 18.2 Å². The predicted octanol–water partition coefficient (Wildman–Crippen LogP) is 3.38. The molecule has 6 heteroatoms. The average Bonchev–Trinajstić information content (AvgIpc) is 3.06. The Bertz CT molecular complexity index is 590. The molecule has 1 aromatic rings. The van der Waals surface area contributed by atoms with E-state index < -0.39 is 11.7 Å². The number of alkyl halides is 3. The average molecular weight is 340 g/mol. The lowest BCUT2D eigenvalue weighted by atomic mass is 9.90. The number of benzene rings is 1. The van der Waals surface area contributed by atoms with Gasteiger partial charge in [-0.2, -0.15) is 13.2 Å². The van der Waals surface area contributed by atoms with Crippen LogP contribution in [0.1, 0.15) is 43.2 Å². The highest BCUT2D eigenvalue weighted by Gasteiger charge is 2.43. The second kappa shape index (κ2) is 6.75.